The Balaban J connectivity index is 3.11. The molecule has 0 fully saturated rings. The minimum absolute atomic E-state index is 0.0919. The molecule has 0 spiro atoms. The van der Waals surface area contributed by atoms with Crippen LogP contribution in [0, 0.1) is 10.1 Å². The summed E-state index contributed by atoms with van der Waals surface area (Å²) in [7, 11) is 0. The number of nitro benzene ring substituents is 1. The van der Waals surface area contributed by atoms with Crippen molar-refractivity contribution >= 4 is 17.7 Å². The SMILES string of the molecule is CCOC(=O)/C(=C/c1cccc([N+](=O)[O-])c1)CN=[N+]=[N-]. The second-order valence-electron chi connectivity index (χ2n) is 3.63. The first-order valence-corrected chi connectivity index (χ1v) is 5.71. The van der Waals surface area contributed by atoms with E-state index in [4.69, 9.17) is 10.3 Å². The summed E-state index contributed by atoms with van der Waals surface area (Å²) in [6.07, 6.45) is 1.40. The Morgan fingerprint density at radius 3 is 2.95 bits per heavy atom. The molecule has 0 aliphatic rings. The highest BCUT2D eigenvalue weighted by atomic mass is 16.6. The lowest BCUT2D eigenvalue weighted by atomic mass is 10.1. The highest BCUT2D eigenvalue weighted by Crippen LogP contribution is 2.16. The third kappa shape index (κ3) is 4.43. The van der Waals surface area contributed by atoms with Crippen LogP contribution < -0.4 is 0 Å². The highest BCUT2D eigenvalue weighted by molar-refractivity contribution is 5.94. The van der Waals surface area contributed by atoms with Gasteiger partial charge in [-0.15, -0.1) is 0 Å². The zero-order valence-electron chi connectivity index (χ0n) is 10.7. The van der Waals surface area contributed by atoms with Gasteiger partial charge in [-0.25, -0.2) is 4.79 Å². The number of nitrogens with zero attached hydrogens (tertiary/aromatic N) is 4. The van der Waals surface area contributed by atoms with Crippen LogP contribution >= 0.6 is 0 Å². The van der Waals surface area contributed by atoms with Crippen LogP contribution in [0.4, 0.5) is 5.69 Å². The number of hydrogen-bond donors (Lipinski definition) is 0. The van der Waals surface area contributed by atoms with E-state index in [-0.39, 0.29) is 24.4 Å². The fourth-order valence-electron chi connectivity index (χ4n) is 1.43. The summed E-state index contributed by atoms with van der Waals surface area (Å²) in [6.45, 7) is 1.65. The number of benzene rings is 1. The minimum atomic E-state index is -0.619. The fourth-order valence-corrected chi connectivity index (χ4v) is 1.43. The summed E-state index contributed by atoms with van der Waals surface area (Å²) in [4.78, 5) is 24.4. The minimum Gasteiger partial charge on any atom is -0.463 e. The number of carbonyl (C=O) groups is 1. The van der Waals surface area contributed by atoms with Gasteiger partial charge in [0.05, 0.1) is 18.1 Å². The Labute approximate surface area is 114 Å². The van der Waals surface area contributed by atoms with Crippen LogP contribution in [0.5, 0.6) is 0 Å². The first-order chi connectivity index (χ1) is 9.58. The number of hydrogen-bond acceptors (Lipinski definition) is 5. The van der Waals surface area contributed by atoms with Crippen molar-refractivity contribution in [3.8, 4) is 0 Å². The van der Waals surface area contributed by atoms with Gasteiger partial charge in [0.15, 0.2) is 0 Å². The van der Waals surface area contributed by atoms with Gasteiger partial charge in [-0.3, -0.25) is 10.1 Å². The van der Waals surface area contributed by atoms with E-state index >= 15 is 0 Å². The predicted molar refractivity (Wildman–Crippen MR) is 71.7 cm³/mol. The molecule has 0 aliphatic heterocycles. The smallest absolute Gasteiger partial charge is 0.334 e. The quantitative estimate of drug-likeness (QED) is 0.151. The predicted octanol–water partition coefficient (Wildman–Crippen LogP) is 2.85. The molecule has 0 N–H and O–H groups in total. The first-order valence-electron chi connectivity index (χ1n) is 5.71. The summed E-state index contributed by atoms with van der Waals surface area (Å²) >= 11 is 0. The summed E-state index contributed by atoms with van der Waals surface area (Å²) in [5.41, 5.74) is 8.79. The second-order valence-corrected chi connectivity index (χ2v) is 3.63. The molecule has 0 saturated heterocycles. The molecule has 0 heterocycles. The number of ether oxygens (including phenoxy) is 1. The van der Waals surface area contributed by atoms with Crippen LogP contribution in [0.15, 0.2) is 35.0 Å². The summed E-state index contributed by atoms with van der Waals surface area (Å²) < 4.78 is 4.83. The maximum Gasteiger partial charge on any atom is 0.334 e. The van der Waals surface area contributed by atoms with Crippen LogP contribution in [0.2, 0.25) is 0 Å². The largest absolute Gasteiger partial charge is 0.463 e. The van der Waals surface area contributed by atoms with Gasteiger partial charge in [0.1, 0.15) is 0 Å². The topological polar surface area (TPSA) is 118 Å². The van der Waals surface area contributed by atoms with Crippen molar-refractivity contribution in [2.24, 2.45) is 5.11 Å². The van der Waals surface area contributed by atoms with E-state index in [0.717, 1.165) is 0 Å². The van der Waals surface area contributed by atoms with E-state index < -0.39 is 10.9 Å². The molecule has 0 aromatic heterocycles. The monoisotopic (exact) mass is 276 g/mol. The van der Waals surface area contributed by atoms with Crippen LogP contribution in [-0.4, -0.2) is 24.0 Å². The Hall–Kier alpha value is -2.86. The normalized spacial score (nSPS) is 10.6. The Bertz CT molecular complexity index is 591. The molecule has 0 radical (unpaired) electrons. The Morgan fingerprint density at radius 2 is 2.35 bits per heavy atom. The molecular weight excluding hydrogens is 264 g/mol. The van der Waals surface area contributed by atoms with Crippen molar-refractivity contribution in [3.05, 3.63) is 56.0 Å². The summed E-state index contributed by atoms with van der Waals surface area (Å²) in [5.74, 6) is -0.619. The van der Waals surface area contributed by atoms with Crippen molar-refractivity contribution < 1.29 is 14.5 Å². The van der Waals surface area contributed by atoms with Crippen LogP contribution in [0.25, 0.3) is 16.5 Å². The molecule has 1 aromatic rings. The van der Waals surface area contributed by atoms with E-state index in [9.17, 15) is 14.9 Å². The number of nitro groups is 1. The molecule has 0 aliphatic carbocycles. The average Bonchev–Trinajstić information content (AvgIpc) is 2.44. The molecule has 0 saturated carbocycles. The molecule has 0 atom stereocenters. The van der Waals surface area contributed by atoms with Crippen molar-refractivity contribution in [1.82, 2.24) is 0 Å². The zero-order valence-corrected chi connectivity index (χ0v) is 10.7. The van der Waals surface area contributed by atoms with Crippen molar-refractivity contribution in [3.63, 3.8) is 0 Å². The molecule has 0 amide bonds. The lowest BCUT2D eigenvalue weighted by molar-refractivity contribution is -0.384. The number of carbonyl (C=O) groups excluding carboxylic acids is 1. The fraction of sp³-hybridized carbons (Fsp3) is 0.250. The van der Waals surface area contributed by atoms with Gasteiger partial charge in [-0.05, 0) is 24.1 Å². The van der Waals surface area contributed by atoms with E-state index in [1.165, 1.54) is 24.3 Å². The lowest BCUT2D eigenvalue weighted by Crippen LogP contribution is -2.09. The van der Waals surface area contributed by atoms with E-state index in [1.54, 1.807) is 13.0 Å². The summed E-state index contributed by atoms with van der Waals surface area (Å²) in [6, 6.07) is 5.76. The molecule has 1 aromatic carbocycles. The van der Waals surface area contributed by atoms with Crippen molar-refractivity contribution in [2.45, 2.75) is 6.92 Å². The maximum absolute atomic E-state index is 11.7. The van der Waals surface area contributed by atoms with Gasteiger partial charge in [-0.1, -0.05) is 17.2 Å². The molecule has 0 unspecified atom stereocenters. The zero-order chi connectivity index (χ0) is 15.0. The Kier molecular flexibility index (Phi) is 5.74. The van der Waals surface area contributed by atoms with Gasteiger partial charge in [0.2, 0.25) is 0 Å². The molecule has 8 heteroatoms. The third-order valence-electron chi connectivity index (χ3n) is 2.26. The van der Waals surface area contributed by atoms with Gasteiger partial charge in [-0.2, -0.15) is 0 Å². The number of rotatable bonds is 6. The molecule has 20 heavy (non-hydrogen) atoms. The lowest BCUT2D eigenvalue weighted by Gasteiger charge is -2.04. The number of esters is 1. The molecular formula is C12H12N4O4. The van der Waals surface area contributed by atoms with Crippen molar-refractivity contribution in [2.75, 3.05) is 13.2 Å². The molecule has 8 nitrogen and oxygen atoms in total. The van der Waals surface area contributed by atoms with Gasteiger partial charge >= 0.3 is 5.97 Å². The van der Waals surface area contributed by atoms with E-state index in [1.807, 2.05) is 0 Å². The summed E-state index contributed by atoms with van der Waals surface area (Å²) in [5, 5.41) is 14.0. The van der Waals surface area contributed by atoms with Gasteiger partial charge in [0.25, 0.3) is 5.69 Å². The maximum atomic E-state index is 11.7. The molecule has 104 valence electrons. The van der Waals surface area contributed by atoms with Crippen molar-refractivity contribution in [1.29, 1.82) is 0 Å². The standard InChI is InChI=1S/C12H12N4O4/c1-2-20-12(17)10(8-14-15-13)6-9-4-3-5-11(7-9)16(18)19/h3-7H,2,8H2,1H3/b10-6+. The van der Waals surface area contributed by atoms with E-state index in [2.05, 4.69) is 10.0 Å². The molecule has 0 bridgehead atoms. The molecule has 1 rings (SSSR count). The van der Waals surface area contributed by atoms with Gasteiger partial charge in [0, 0.05) is 22.6 Å². The van der Waals surface area contributed by atoms with Crippen LogP contribution in [-0.2, 0) is 9.53 Å². The second kappa shape index (κ2) is 7.55. The third-order valence-corrected chi connectivity index (χ3v) is 2.26. The highest BCUT2D eigenvalue weighted by Gasteiger charge is 2.11. The number of azide groups is 1. The first kappa shape index (κ1) is 15.2. The average molecular weight is 276 g/mol. The van der Waals surface area contributed by atoms with E-state index in [0.29, 0.717) is 5.56 Å². The number of non-ortho nitro benzene ring substituents is 1. The van der Waals surface area contributed by atoms with Crippen LogP contribution in [0.1, 0.15) is 12.5 Å². The van der Waals surface area contributed by atoms with Crippen LogP contribution in [0.3, 0.4) is 0 Å². The Morgan fingerprint density at radius 1 is 1.60 bits per heavy atom. The van der Waals surface area contributed by atoms with Gasteiger partial charge < -0.3 is 4.74 Å².